The van der Waals surface area contributed by atoms with E-state index in [1.807, 2.05) is 0 Å². The van der Waals surface area contributed by atoms with Gasteiger partial charge in [-0.05, 0) is 98.8 Å². The van der Waals surface area contributed by atoms with Crippen molar-refractivity contribution in [3.63, 3.8) is 0 Å². The van der Waals surface area contributed by atoms with Crippen LogP contribution in [0.5, 0.6) is 11.5 Å². The molecule has 0 aromatic heterocycles. The predicted octanol–water partition coefficient (Wildman–Crippen LogP) is 6.41. The van der Waals surface area contributed by atoms with E-state index >= 15 is 0 Å². The van der Waals surface area contributed by atoms with Gasteiger partial charge in [0.05, 0.1) is 31.6 Å². The highest BCUT2D eigenvalue weighted by atomic mass is 32.2. The van der Waals surface area contributed by atoms with Crippen LogP contribution in [0.1, 0.15) is 40.1 Å². The van der Waals surface area contributed by atoms with Crippen molar-refractivity contribution in [3.05, 3.63) is 119 Å². The number of hydrogen-bond donors (Lipinski definition) is 3. The standard InChI is InChI=1S/C36H35N3O7S/c1-5-46-36(43)25-11-13-27(14-12-25)37-33(40)23(2)47-30-18-15-28(16-19-30)38-35(42)31(39-34(41)24-9-7-6-8-10-24)22-26-21-29(44-3)17-20-32(26)45-4/h6-23H,5H2,1-4H3,(H,37,40)(H,38,42)(H,39,41)/b31-22-. The number of carbonyl (C=O) groups excluding carboxylic acids is 4. The molecule has 0 aliphatic carbocycles. The van der Waals surface area contributed by atoms with Gasteiger partial charge in [-0.1, -0.05) is 18.2 Å². The lowest BCUT2D eigenvalue weighted by atomic mass is 10.1. The van der Waals surface area contributed by atoms with Crippen molar-refractivity contribution in [1.82, 2.24) is 5.32 Å². The third-order valence-corrected chi connectivity index (χ3v) is 7.84. The summed E-state index contributed by atoms with van der Waals surface area (Å²) < 4.78 is 15.8. The summed E-state index contributed by atoms with van der Waals surface area (Å²) in [5.74, 6) is -0.611. The molecule has 10 nitrogen and oxygen atoms in total. The molecule has 4 rings (SSSR count). The van der Waals surface area contributed by atoms with Crippen LogP contribution in [0.25, 0.3) is 6.08 Å². The lowest BCUT2D eigenvalue weighted by Gasteiger charge is -2.14. The van der Waals surface area contributed by atoms with Crippen LogP contribution in [0.2, 0.25) is 0 Å². The molecule has 0 saturated carbocycles. The predicted molar refractivity (Wildman–Crippen MR) is 183 cm³/mol. The molecule has 0 spiro atoms. The number of anilines is 2. The number of thioether (sulfide) groups is 1. The zero-order valence-electron chi connectivity index (χ0n) is 26.4. The molecule has 0 radical (unpaired) electrons. The van der Waals surface area contributed by atoms with Gasteiger partial charge in [0, 0.05) is 27.4 Å². The first-order valence-electron chi connectivity index (χ1n) is 14.7. The number of nitrogens with one attached hydrogen (secondary N) is 3. The first-order chi connectivity index (χ1) is 22.7. The van der Waals surface area contributed by atoms with E-state index in [0.29, 0.717) is 39.6 Å². The summed E-state index contributed by atoms with van der Waals surface area (Å²) in [7, 11) is 3.04. The Hall–Kier alpha value is -5.55. The molecule has 1 atom stereocenters. The van der Waals surface area contributed by atoms with E-state index in [1.165, 1.54) is 32.1 Å². The van der Waals surface area contributed by atoms with Gasteiger partial charge in [-0.3, -0.25) is 14.4 Å². The second-order valence-corrected chi connectivity index (χ2v) is 11.4. The fourth-order valence-electron chi connectivity index (χ4n) is 4.27. The number of carbonyl (C=O) groups is 4. The number of amides is 3. The minimum atomic E-state index is -0.554. The number of ether oxygens (including phenoxy) is 3. The van der Waals surface area contributed by atoms with Crippen molar-refractivity contribution < 1.29 is 33.4 Å². The Morgan fingerprint density at radius 1 is 0.787 bits per heavy atom. The average Bonchev–Trinajstić information content (AvgIpc) is 3.09. The topological polar surface area (TPSA) is 132 Å². The Bertz CT molecular complexity index is 1740. The molecule has 0 aliphatic heterocycles. The van der Waals surface area contributed by atoms with Crippen molar-refractivity contribution >= 4 is 52.9 Å². The molecule has 0 fully saturated rings. The summed E-state index contributed by atoms with van der Waals surface area (Å²) in [4.78, 5) is 52.0. The highest BCUT2D eigenvalue weighted by molar-refractivity contribution is 8.00. The number of benzene rings is 4. The molecule has 0 saturated heterocycles. The molecule has 242 valence electrons. The first-order valence-corrected chi connectivity index (χ1v) is 15.5. The van der Waals surface area contributed by atoms with E-state index in [0.717, 1.165) is 4.90 Å². The van der Waals surface area contributed by atoms with Gasteiger partial charge < -0.3 is 30.2 Å². The number of rotatable bonds is 13. The number of esters is 1. The second kappa shape index (κ2) is 16.7. The molecule has 0 aliphatic rings. The zero-order chi connectivity index (χ0) is 33.8. The Morgan fingerprint density at radius 3 is 2.09 bits per heavy atom. The van der Waals surface area contributed by atoms with Crippen molar-refractivity contribution in [1.29, 1.82) is 0 Å². The van der Waals surface area contributed by atoms with E-state index in [2.05, 4.69) is 16.0 Å². The third-order valence-electron chi connectivity index (χ3n) is 6.72. The van der Waals surface area contributed by atoms with Gasteiger partial charge in [0.25, 0.3) is 11.8 Å². The first kappa shape index (κ1) is 34.3. The highest BCUT2D eigenvalue weighted by Gasteiger charge is 2.18. The van der Waals surface area contributed by atoms with Gasteiger partial charge in [0.2, 0.25) is 5.91 Å². The molecular weight excluding hydrogens is 618 g/mol. The van der Waals surface area contributed by atoms with Gasteiger partial charge in [-0.2, -0.15) is 0 Å². The van der Waals surface area contributed by atoms with Crippen LogP contribution in [-0.4, -0.2) is 49.8 Å². The third kappa shape index (κ3) is 9.72. The molecule has 3 N–H and O–H groups in total. The fourth-order valence-corrected chi connectivity index (χ4v) is 5.14. The second-order valence-electron chi connectivity index (χ2n) is 10.0. The maximum atomic E-state index is 13.5. The van der Waals surface area contributed by atoms with Gasteiger partial charge in [0.1, 0.15) is 17.2 Å². The van der Waals surface area contributed by atoms with Crippen molar-refractivity contribution in [2.24, 2.45) is 0 Å². The quantitative estimate of drug-likeness (QED) is 0.0857. The van der Waals surface area contributed by atoms with Crippen LogP contribution >= 0.6 is 11.8 Å². The van der Waals surface area contributed by atoms with Crippen LogP contribution in [0.15, 0.2) is 108 Å². The molecule has 4 aromatic rings. The van der Waals surface area contributed by atoms with Crippen LogP contribution in [0, 0.1) is 0 Å². The molecule has 4 aromatic carbocycles. The minimum absolute atomic E-state index is 0.00978. The molecule has 0 bridgehead atoms. The van der Waals surface area contributed by atoms with E-state index < -0.39 is 23.0 Å². The van der Waals surface area contributed by atoms with Crippen molar-refractivity contribution in [3.8, 4) is 11.5 Å². The zero-order valence-corrected chi connectivity index (χ0v) is 27.2. The SMILES string of the molecule is CCOC(=O)c1ccc(NC(=O)C(C)Sc2ccc(NC(=O)/C(=C/c3cc(OC)ccc3OC)NC(=O)c3ccccc3)cc2)cc1. The highest BCUT2D eigenvalue weighted by Crippen LogP contribution is 2.28. The Balaban J connectivity index is 1.44. The van der Waals surface area contributed by atoms with E-state index in [9.17, 15) is 19.2 Å². The van der Waals surface area contributed by atoms with E-state index in [1.54, 1.807) is 111 Å². The number of hydrogen-bond acceptors (Lipinski definition) is 8. The molecule has 47 heavy (non-hydrogen) atoms. The Morgan fingerprint density at radius 2 is 1.45 bits per heavy atom. The summed E-state index contributed by atoms with van der Waals surface area (Å²) in [5, 5.41) is 7.95. The Kier molecular flexibility index (Phi) is 12.2. The normalized spacial score (nSPS) is 11.5. The summed E-state index contributed by atoms with van der Waals surface area (Å²) in [6, 6.07) is 27.2. The lowest BCUT2D eigenvalue weighted by molar-refractivity contribution is -0.115. The monoisotopic (exact) mass is 653 g/mol. The fraction of sp³-hybridized carbons (Fsp3) is 0.167. The van der Waals surface area contributed by atoms with Gasteiger partial charge in [-0.15, -0.1) is 11.8 Å². The van der Waals surface area contributed by atoms with Gasteiger partial charge in [0.15, 0.2) is 0 Å². The largest absolute Gasteiger partial charge is 0.497 e. The summed E-state index contributed by atoms with van der Waals surface area (Å²) in [6.45, 7) is 3.80. The maximum Gasteiger partial charge on any atom is 0.338 e. The molecule has 1 unspecified atom stereocenters. The Labute approximate surface area is 277 Å². The minimum Gasteiger partial charge on any atom is -0.497 e. The van der Waals surface area contributed by atoms with E-state index in [4.69, 9.17) is 14.2 Å². The average molecular weight is 654 g/mol. The molecular formula is C36H35N3O7S. The lowest BCUT2D eigenvalue weighted by Crippen LogP contribution is -2.30. The molecule has 3 amide bonds. The van der Waals surface area contributed by atoms with Crippen LogP contribution < -0.4 is 25.4 Å². The molecule has 11 heteroatoms. The van der Waals surface area contributed by atoms with Crippen LogP contribution in [-0.2, 0) is 14.3 Å². The molecule has 0 heterocycles. The van der Waals surface area contributed by atoms with Crippen molar-refractivity contribution in [2.45, 2.75) is 24.0 Å². The summed E-state index contributed by atoms with van der Waals surface area (Å²) in [5.41, 5.74) is 2.35. The van der Waals surface area contributed by atoms with Crippen LogP contribution in [0.4, 0.5) is 11.4 Å². The van der Waals surface area contributed by atoms with E-state index in [-0.39, 0.29) is 18.2 Å². The smallest absolute Gasteiger partial charge is 0.338 e. The van der Waals surface area contributed by atoms with Crippen molar-refractivity contribution in [2.75, 3.05) is 31.5 Å². The van der Waals surface area contributed by atoms with Gasteiger partial charge >= 0.3 is 5.97 Å². The summed E-state index contributed by atoms with van der Waals surface area (Å²) in [6.07, 6.45) is 1.52. The maximum absolute atomic E-state index is 13.5. The summed E-state index contributed by atoms with van der Waals surface area (Å²) >= 11 is 1.34. The number of methoxy groups -OCH3 is 2. The van der Waals surface area contributed by atoms with Crippen LogP contribution in [0.3, 0.4) is 0 Å². The van der Waals surface area contributed by atoms with Gasteiger partial charge in [-0.25, -0.2) is 4.79 Å².